The standard InChI is InChI=1S/C20H23N3O4/c1-27-14-13-22-19(25)20(26)23-17-10-6-5-9-16(17)18(24)21-12-11-15-7-3-2-4-8-15/h2-10H,11-14H2,1H3,(H,21,24)(H,22,25)(H,23,26). The molecule has 7 heteroatoms. The molecular weight excluding hydrogens is 346 g/mol. The summed E-state index contributed by atoms with van der Waals surface area (Å²) < 4.78 is 4.81. The van der Waals surface area contributed by atoms with Gasteiger partial charge in [-0.2, -0.15) is 0 Å². The molecule has 0 spiro atoms. The van der Waals surface area contributed by atoms with Crippen molar-refractivity contribution >= 4 is 23.4 Å². The van der Waals surface area contributed by atoms with Crippen LogP contribution >= 0.6 is 0 Å². The summed E-state index contributed by atoms with van der Waals surface area (Å²) >= 11 is 0. The van der Waals surface area contributed by atoms with Gasteiger partial charge in [0, 0.05) is 20.2 Å². The van der Waals surface area contributed by atoms with E-state index in [4.69, 9.17) is 4.74 Å². The lowest BCUT2D eigenvalue weighted by molar-refractivity contribution is -0.136. The normalized spacial score (nSPS) is 10.1. The zero-order valence-electron chi connectivity index (χ0n) is 15.2. The molecule has 0 aromatic heterocycles. The zero-order chi connectivity index (χ0) is 19.5. The molecule has 0 aliphatic rings. The van der Waals surface area contributed by atoms with Gasteiger partial charge in [0.15, 0.2) is 0 Å². The van der Waals surface area contributed by atoms with Gasteiger partial charge in [-0.05, 0) is 24.1 Å². The van der Waals surface area contributed by atoms with Crippen molar-refractivity contribution in [3.8, 4) is 0 Å². The molecule has 0 saturated heterocycles. The topological polar surface area (TPSA) is 96.5 Å². The van der Waals surface area contributed by atoms with Gasteiger partial charge in [0.05, 0.1) is 17.9 Å². The van der Waals surface area contributed by atoms with Crippen molar-refractivity contribution in [1.29, 1.82) is 0 Å². The van der Waals surface area contributed by atoms with Gasteiger partial charge in [-0.3, -0.25) is 14.4 Å². The number of hydrogen-bond acceptors (Lipinski definition) is 4. The Hall–Kier alpha value is -3.19. The van der Waals surface area contributed by atoms with Gasteiger partial charge in [-0.15, -0.1) is 0 Å². The van der Waals surface area contributed by atoms with Crippen LogP contribution in [0.15, 0.2) is 54.6 Å². The summed E-state index contributed by atoms with van der Waals surface area (Å²) in [6, 6.07) is 16.3. The maximum atomic E-state index is 12.4. The summed E-state index contributed by atoms with van der Waals surface area (Å²) in [6.45, 7) is 0.992. The van der Waals surface area contributed by atoms with E-state index in [1.807, 2.05) is 30.3 Å². The van der Waals surface area contributed by atoms with Crippen molar-refractivity contribution in [1.82, 2.24) is 10.6 Å². The number of benzene rings is 2. The number of methoxy groups -OCH3 is 1. The van der Waals surface area contributed by atoms with E-state index in [0.29, 0.717) is 25.1 Å². The van der Waals surface area contributed by atoms with E-state index < -0.39 is 11.8 Å². The molecule has 3 N–H and O–H groups in total. The number of rotatable bonds is 8. The maximum absolute atomic E-state index is 12.4. The average molecular weight is 369 g/mol. The fourth-order valence-electron chi connectivity index (χ4n) is 2.38. The van der Waals surface area contributed by atoms with Crippen molar-refractivity contribution in [2.75, 3.05) is 32.1 Å². The van der Waals surface area contributed by atoms with Gasteiger partial charge < -0.3 is 20.7 Å². The predicted octanol–water partition coefficient (Wildman–Crippen LogP) is 1.36. The van der Waals surface area contributed by atoms with Crippen LogP contribution in [-0.2, 0) is 20.7 Å². The van der Waals surface area contributed by atoms with Crippen LogP contribution in [0.4, 0.5) is 5.69 Å². The molecule has 0 fully saturated rings. The molecule has 0 atom stereocenters. The molecule has 0 heterocycles. The highest BCUT2D eigenvalue weighted by Crippen LogP contribution is 2.15. The first-order chi connectivity index (χ1) is 13.1. The number of para-hydroxylation sites is 1. The van der Waals surface area contributed by atoms with Gasteiger partial charge in [-0.25, -0.2) is 0 Å². The highest BCUT2D eigenvalue weighted by atomic mass is 16.5. The van der Waals surface area contributed by atoms with E-state index in [2.05, 4.69) is 16.0 Å². The lowest BCUT2D eigenvalue weighted by atomic mass is 10.1. The van der Waals surface area contributed by atoms with E-state index in [0.717, 1.165) is 5.56 Å². The molecule has 2 aromatic carbocycles. The van der Waals surface area contributed by atoms with E-state index in [1.54, 1.807) is 24.3 Å². The zero-order valence-corrected chi connectivity index (χ0v) is 15.2. The van der Waals surface area contributed by atoms with Gasteiger partial charge in [-0.1, -0.05) is 42.5 Å². The number of carbonyl (C=O) groups is 3. The second kappa shape index (κ2) is 10.7. The number of ether oxygens (including phenoxy) is 1. The maximum Gasteiger partial charge on any atom is 0.313 e. The lowest BCUT2D eigenvalue weighted by Crippen LogP contribution is -2.37. The lowest BCUT2D eigenvalue weighted by Gasteiger charge is -2.11. The predicted molar refractivity (Wildman–Crippen MR) is 102 cm³/mol. The molecule has 3 amide bonds. The van der Waals surface area contributed by atoms with E-state index in [-0.39, 0.29) is 18.1 Å². The summed E-state index contributed by atoms with van der Waals surface area (Å²) in [4.78, 5) is 36.2. The largest absolute Gasteiger partial charge is 0.383 e. The molecule has 7 nitrogen and oxygen atoms in total. The molecule has 0 aliphatic carbocycles. The first-order valence-corrected chi connectivity index (χ1v) is 8.61. The smallest absolute Gasteiger partial charge is 0.313 e. The highest BCUT2D eigenvalue weighted by molar-refractivity contribution is 6.40. The van der Waals surface area contributed by atoms with Gasteiger partial charge in [0.1, 0.15) is 0 Å². The van der Waals surface area contributed by atoms with Gasteiger partial charge >= 0.3 is 11.8 Å². The van der Waals surface area contributed by atoms with Gasteiger partial charge in [0.2, 0.25) is 0 Å². The highest BCUT2D eigenvalue weighted by Gasteiger charge is 2.17. The molecule has 0 unspecified atom stereocenters. The molecule has 0 aliphatic heterocycles. The van der Waals surface area contributed by atoms with Crippen LogP contribution in [0, 0.1) is 0 Å². The van der Waals surface area contributed by atoms with Crippen LogP contribution < -0.4 is 16.0 Å². The molecule has 2 aromatic rings. The number of amides is 3. The second-order valence-electron chi connectivity index (χ2n) is 5.74. The Balaban J connectivity index is 1.92. The van der Waals surface area contributed by atoms with Crippen molar-refractivity contribution in [2.45, 2.75) is 6.42 Å². The minimum atomic E-state index is -0.837. The Morgan fingerprint density at radius 2 is 1.56 bits per heavy atom. The number of nitrogens with one attached hydrogen (secondary N) is 3. The van der Waals surface area contributed by atoms with Gasteiger partial charge in [0.25, 0.3) is 5.91 Å². The Morgan fingerprint density at radius 3 is 2.30 bits per heavy atom. The minimum Gasteiger partial charge on any atom is -0.383 e. The Labute approximate surface area is 158 Å². The fraction of sp³-hybridized carbons (Fsp3) is 0.250. The molecule has 142 valence electrons. The first kappa shape index (κ1) is 20.1. The van der Waals surface area contributed by atoms with Crippen LogP contribution in [0.25, 0.3) is 0 Å². The third-order valence-corrected chi connectivity index (χ3v) is 3.76. The summed E-state index contributed by atoms with van der Waals surface area (Å²) in [5, 5.41) is 7.73. The number of anilines is 1. The van der Waals surface area contributed by atoms with E-state index in [9.17, 15) is 14.4 Å². The SMILES string of the molecule is COCCNC(=O)C(=O)Nc1ccccc1C(=O)NCCc1ccccc1. The molecule has 2 rings (SSSR count). The van der Waals surface area contributed by atoms with Crippen molar-refractivity contribution in [2.24, 2.45) is 0 Å². The Bertz CT molecular complexity index is 778. The molecular formula is C20H23N3O4. The number of hydrogen-bond donors (Lipinski definition) is 3. The minimum absolute atomic E-state index is 0.227. The first-order valence-electron chi connectivity index (χ1n) is 8.61. The van der Waals surface area contributed by atoms with Crippen LogP contribution in [0.1, 0.15) is 15.9 Å². The molecule has 0 radical (unpaired) electrons. The second-order valence-corrected chi connectivity index (χ2v) is 5.74. The van der Waals surface area contributed by atoms with Crippen LogP contribution in [0.5, 0.6) is 0 Å². The summed E-state index contributed by atoms with van der Waals surface area (Å²) in [7, 11) is 1.50. The summed E-state index contributed by atoms with van der Waals surface area (Å²) in [5.74, 6) is -1.94. The molecule has 0 saturated carbocycles. The van der Waals surface area contributed by atoms with Crippen molar-refractivity contribution in [3.63, 3.8) is 0 Å². The van der Waals surface area contributed by atoms with Crippen LogP contribution in [-0.4, -0.2) is 44.5 Å². The third kappa shape index (κ3) is 6.56. The van der Waals surface area contributed by atoms with Crippen molar-refractivity contribution in [3.05, 3.63) is 65.7 Å². The molecule has 27 heavy (non-hydrogen) atoms. The quantitative estimate of drug-likeness (QED) is 0.484. The van der Waals surface area contributed by atoms with E-state index >= 15 is 0 Å². The fourth-order valence-corrected chi connectivity index (χ4v) is 2.38. The van der Waals surface area contributed by atoms with Crippen LogP contribution in [0.3, 0.4) is 0 Å². The number of carbonyl (C=O) groups excluding carboxylic acids is 3. The van der Waals surface area contributed by atoms with E-state index in [1.165, 1.54) is 7.11 Å². The monoisotopic (exact) mass is 369 g/mol. The Morgan fingerprint density at radius 1 is 0.852 bits per heavy atom. The summed E-state index contributed by atoms with van der Waals surface area (Å²) in [5.41, 5.74) is 1.69. The van der Waals surface area contributed by atoms with Crippen LogP contribution in [0.2, 0.25) is 0 Å². The van der Waals surface area contributed by atoms with Crippen molar-refractivity contribution < 1.29 is 19.1 Å². The third-order valence-electron chi connectivity index (χ3n) is 3.76. The Kier molecular flexibility index (Phi) is 7.99. The average Bonchev–Trinajstić information content (AvgIpc) is 2.69. The summed E-state index contributed by atoms with van der Waals surface area (Å²) in [6.07, 6.45) is 0.697. The molecule has 0 bridgehead atoms.